The van der Waals surface area contributed by atoms with E-state index in [1.807, 2.05) is 48.5 Å². The van der Waals surface area contributed by atoms with Crippen LogP contribution in [-0.4, -0.2) is 26.5 Å². The quantitative estimate of drug-likeness (QED) is 0.414. The van der Waals surface area contributed by atoms with Crippen LogP contribution in [0.5, 0.6) is 0 Å². The van der Waals surface area contributed by atoms with E-state index < -0.39 is 0 Å². The molecule has 0 spiro atoms. The fourth-order valence-corrected chi connectivity index (χ4v) is 4.53. The number of hydrogen-bond acceptors (Lipinski definition) is 4. The molecule has 0 aliphatic rings. The number of aryl methyl sites for hydroxylation is 2. The molecule has 0 aliphatic carbocycles. The molecular weight excluding hydrogens is 418 g/mol. The monoisotopic (exact) mass is 443 g/mol. The standard InChI is InChI=1S/C26H25N3O2S/c1-18-12-13-23(19(2)14-18)32-17-25(30)29(15-20-8-4-3-5-9-20)16-24-27-22-11-7-6-10-21(22)26(31)28-24/h3-14H,15-17H2,1-2H3,(H,27,28,31). The highest BCUT2D eigenvalue weighted by Gasteiger charge is 2.17. The number of carbonyl (C=O) groups excluding carboxylic acids is 1. The van der Waals surface area contributed by atoms with Gasteiger partial charge in [0.05, 0.1) is 23.2 Å². The maximum atomic E-state index is 13.2. The van der Waals surface area contributed by atoms with Crippen molar-refractivity contribution in [1.82, 2.24) is 14.9 Å². The second kappa shape index (κ2) is 9.83. The highest BCUT2D eigenvalue weighted by Crippen LogP contribution is 2.24. The third-order valence-electron chi connectivity index (χ3n) is 5.25. The lowest BCUT2D eigenvalue weighted by atomic mass is 10.2. The summed E-state index contributed by atoms with van der Waals surface area (Å²) in [5.74, 6) is 0.790. The lowest BCUT2D eigenvalue weighted by molar-refractivity contribution is -0.129. The maximum absolute atomic E-state index is 13.2. The van der Waals surface area contributed by atoms with Gasteiger partial charge in [-0.1, -0.05) is 60.2 Å². The topological polar surface area (TPSA) is 66.1 Å². The van der Waals surface area contributed by atoms with Crippen molar-refractivity contribution in [3.63, 3.8) is 0 Å². The Morgan fingerprint density at radius 2 is 1.72 bits per heavy atom. The molecule has 5 nitrogen and oxygen atoms in total. The van der Waals surface area contributed by atoms with E-state index >= 15 is 0 Å². The second-order valence-electron chi connectivity index (χ2n) is 7.82. The Morgan fingerprint density at radius 3 is 2.50 bits per heavy atom. The number of fused-ring (bicyclic) bond motifs is 1. The number of aromatic nitrogens is 2. The van der Waals surface area contributed by atoms with Crippen molar-refractivity contribution in [3.8, 4) is 0 Å². The Kier molecular flexibility index (Phi) is 6.71. The number of para-hydroxylation sites is 1. The summed E-state index contributed by atoms with van der Waals surface area (Å²) in [5.41, 5.74) is 3.83. The average Bonchev–Trinajstić information content (AvgIpc) is 2.78. The van der Waals surface area contributed by atoms with Gasteiger partial charge in [-0.2, -0.15) is 0 Å². The summed E-state index contributed by atoms with van der Waals surface area (Å²) in [5, 5.41) is 0.544. The van der Waals surface area contributed by atoms with E-state index in [1.165, 1.54) is 17.3 Å². The highest BCUT2D eigenvalue weighted by molar-refractivity contribution is 8.00. The Balaban J connectivity index is 1.57. The second-order valence-corrected chi connectivity index (χ2v) is 8.84. The first-order valence-corrected chi connectivity index (χ1v) is 11.5. The molecule has 32 heavy (non-hydrogen) atoms. The van der Waals surface area contributed by atoms with Crippen LogP contribution in [0.3, 0.4) is 0 Å². The van der Waals surface area contributed by atoms with Crippen LogP contribution in [0.2, 0.25) is 0 Å². The SMILES string of the molecule is Cc1ccc(SCC(=O)N(Cc2ccccc2)Cc2nc3ccccc3c(=O)[nH]2)c(C)c1. The number of hydrogen-bond donors (Lipinski definition) is 1. The van der Waals surface area contributed by atoms with Gasteiger partial charge in [-0.25, -0.2) is 4.98 Å². The molecule has 0 atom stereocenters. The van der Waals surface area contributed by atoms with Gasteiger partial charge in [0.25, 0.3) is 5.56 Å². The Morgan fingerprint density at radius 1 is 0.969 bits per heavy atom. The van der Waals surface area contributed by atoms with Gasteiger partial charge >= 0.3 is 0 Å². The van der Waals surface area contributed by atoms with Crippen LogP contribution in [0, 0.1) is 13.8 Å². The molecule has 1 N–H and O–H groups in total. The van der Waals surface area contributed by atoms with Crippen molar-refractivity contribution in [3.05, 3.63) is 106 Å². The minimum absolute atomic E-state index is 0.00497. The number of carbonyl (C=O) groups is 1. The third kappa shape index (κ3) is 5.26. The predicted molar refractivity (Wildman–Crippen MR) is 130 cm³/mol. The van der Waals surface area contributed by atoms with Gasteiger partial charge in [-0.15, -0.1) is 11.8 Å². The van der Waals surface area contributed by atoms with Crippen LogP contribution >= 0.6 is 11.8 Å². The van der Waals surface area contributed by atoms with Gasteiger partial charge in [-0.05, 0) is 43.2 Å². The van der Waals surface area contributed by atoms with E-state index in [0.29, 0.717) is 29.0 Å². The molecule has 0 unspecified atom stereocenters. The maximum Gasteiger partial charge on any atom is 0.258 e. The van der Waals surface area contributed by atoms with Crippen molar-refractivity contribution in [2.45, 2.75) is 31.8 Å². The van der Waals surface area contributed by atoms with Gasteiger partial charge < -0.3 is 9.88 Å². The summed E-state index contributed by atoms with van der Waals surface area (Å²) in [6.07, 6.45) is 0. The largest absolute Gasteiger partial charge is 0.330 e. The third-order valence-corrected chi connectivity index (χ3v) is 6.41. The van der Waals surface area contributed by atoms with Gasteiger partial charge in [0.15, 0.2) is 0 Å². The molecule has 0 saturated heterocycles. The zero-order valence-electron chi connectivity index (χ0n) is 18.2. The number of nitrogens with zero attached hydrogens (tertiary/aromatic N) is 2. The summed E-state index contributed by atoms with van der Waals surface area (Å²) >= 11 is 1.54. The zero-order chi connectivity index (χ0) is 22.5. The van der Waals surface area contributed by atoms with E-state index in [2.05, 4.69) is 42.0 Å². The van der Waals surface area contributed by atoms with Gasteiger partial charge in [0.2, 0.25) is 5.91 Å². The normalized spacial score (nSPS) is 10.9. The summed E-state index contributed by atoms with van der Waals surface area (Å²) in [7, 11) is 0. The number of amides is 1. The molecule has 162 valence electrons. The first kappa shape index (κ1) is 21.8. The lowest BCUT2D eigenvalue weighted by Crippen LogP contribution is -2.33. The van der Waals surface area contributed by atoms with E-state index in [1.54, 1.807) is 11.0 Å². The summed E-state index contributed by atoms with van der Waals surface area (Å²) in [4.78, 5) is 36.0. The Hall–Kier alpha value is -3.38. The molecule has 1 aromatic heterocycles. The molecular formula is C26H25N3O2S. The van der Waals surface area contributed by atoms with Crippen molar-refractivity contribution in [1.29, 1.82) is 0 Å². The fourth-order valence-electron chi connectivity index (χ4n) is 3.62. The first-order valence-electron chi connectivity index (χ1n) is 10.5. The van der Waals surface area contributed by atoms with E-state index in [-0.39, 0.29) is 18.0 Å². The molecule has 1 amide bonds. The number of thioether (sulfide) groups is 1. The minimum Gasteiger partial charge on any atom is -0.330 e. The fraction of sp³-hybridized carbons (Fsp3) is 0.192. The molecule has 0 bridgehead atoms. The van der Waals surface area contributed by atoms with E-state index in [0.717, 1.165) is 16.0 Å². The minimum atomic E-state index is -0.192. The number of aromatic amines is 1. The van der Waals surface area contributed by atoms with Crippen LogP contribution in [0.4, 0.5) is 0 Å². The van der Waals surface area contributed by atoms with Crippen LogP contribution in [0.1, 0.15) is 22.5 Å². The van der Waals surface area contributed by atoms with Crippen LogP contribution < -0.4 is 5.56 Å². The zero-order valence-corrected chi connectivity index (χ0v) is 19.0. The predicted octanol–water partition coefficient (Wildman–Crippen LogP) is 4.86. The first-order chi connectivity index (χ1) is 15.5. The molecule has 0 radical (unpaired) electrons. The molecule has 3 aromatic carbocycles. The molecule has 4 rings (SSSR count). The average molecular weight is 444 g/mol. The molecule has 1 heterocycles. The highest BCUT2D eigenvalue weighted by atomic mass is 32.2. The molecule has 6 heteroatoms. The summed E-state index contributed by atoms with van der Waals surface area (Å²) < 4.78 is 0. The molecule has 0 fully saturated rings. The van der Waals surface area contributed by atoms with E-state index in [4.69, 9.17) is 0 Å². The Bertz CT molecular complexity index is 1300. The number of benzene rings is 3. The Labute approximate surface area is 191 Å². The van der Waals surface area contributed by atoms with Crippen molar-refractivity contribution in [2.75, 3.05) is 5.75 Å². The van der Waals surface area contributed by atoms with Gasteiger partial charge in [-0.3, -0.25) is 9.59 Å². The van der Waals surface area contributed by atoms with Crippen molar-refractivity contribution in [2.24, 2.45) is 0 Å². The van der Waals surface area contributed by atoms with Crippen LogP contribution in [0.15, 0.2) is 82.5 Å². The summed E-state index contributed by atoms with van der Waals surface area (Å²) in [6, 6.07) is 23.3. The van der Waals surface area contributed by atoms with Crippen LogP contribution in [0.25, 0.3) is 10.9 Å². The lowest BCUT2D eigenvalue weighted by Gasteiger charge is -2.22. The van der Waals surface area contributed by atoms with Crippen LogP contribution in [-0.2, 0) is 17.9 Å². The molecule has 4 aromatic rings. The number of H-pyrrole nitrogens is 1. The number of nitrogens with one attached hydrogen (secondary N) is 1. The van der Waals surface area contributed by atoms with Gasteiger partial charge in [0.1, 0.15) is 5.82 Å². The van der Waals surface area contributed by atoms with E-state index in [9.17, 15) is 9.59 Å². The number of rotatable bonds is 7. The summed E-state index contributed by atoms with van der Waals surface area (Å²) in [6.45, 7) is 4.81. The van der Waals surface area contributed by atoms with Crippen molar-refractivity contribution >= 4 is 28.6 Å². The van der Waals surface area contributed by atoms with Gasteiger partial charge in [0, 0.05) is 11.4 Å². The molecule has 0 aliphatic heterocycles. The smallest absolute Gasteiger partial charge is 0.258 e. The van der Waals surface area contributed by atoms with Crippen molar-refractivity contribution < 1.29 is 4.79 Å². The molecule has 0 saturated carbocycles.